The molecule has 0 aliphatic carbocycles. The lowest BCUT2D eigenvalue weighted by atomic mass is 10.1. The van der Waals surface area contributed by atoms with Crippen LogP contribution in [0.15, 0.2) is 72.9 Å². The number of hydrogen-bond acceptors (Lipinski definition) is 3. The molecule has 4 aromatic rings. The first-order valence-electron chi connectivity index (χ1n) is 8.73. The van der Waals surface area contributed by atoms with E-state index in [-0.39, 0.29) is 5.91 Å². The van der Waals surface area contributed by atoms with E-state index in [1.807, 2.05) is 66.9 Å². The van der Waals surface area contributed by atoms with E-state index in [1.54, 1.807) is 19.0 Å². The third-order valence-electron chi connectivity index (χ3n) is 4.40. The van der Waals surface area contributed by atoms with Crippen LogP contribution in [-0.4, -0.2) is 34.9 Å². The summed E-state index contributed by atoms with van der Waals surface area (Å²) in [5, 5.41) is 4.34. The first-order valence-corrected chi connectivity index (χ1v) is 8.73. The van der Waals surface area contributed by atoms with Gasteiger partial charge in [-0.15, -0.1) is 0 Å². The van der Waals surface area contributed by atoms with Gasteiger partial charge in [-0.2, -0.15) is 0 Å². The highest BCUT2D eigenvalue weighted by molar-refractivity contribution is 5.94. The molecule has 0 aliphatic rings. The molecule has 134 valence electrons. The van der Waals surface area contributed by atoms with Crippen LogP contribution in [0.3, 0.4) is 0 Å². The van der Waals surface area contributed by atoms with Gasteiger partial charge in [-0.3, -0.25) is 4.79 Å². The molecule has 2 N–H and O–H groups in total. The molecule has 0 aliphatic heterocycles. The van der Waals surface area contributed by atoms with Crippen molar-refractivity contribution in [3.8, 4) is 11.3 Å². The van der Waals surface area contributed by atoms with Gasteiger partial charge in [0, 0.05) is 48.7 Å². The number of carbonyl (C=O) groups is 1. The number of aromatic amines is 1. The number of H-pyrrole nitrogens is 1. The summed E-state index contributed by atoms with van der Waals surface area (Å²) in [5.74, 6) is 0.785. The molecule has 0 saturated heterocycles. The van der Waals surface area contributed by atoms with E-state index in [2.05, 4.69) is 21.4 Å². The number of pyridine rings is 1. The molecule has 5 heteroatoms. The fourth-order valence-electron chi connectivity index (χ4n) is 2.97. The van der Waals surface area contributed by atoms with Crippen LogP contribution >= 0.6 is 0 Å². The van der Waals surface area contributed by atoms with Crippen LogP contribution in [0.2, 0.25) is 0 Å². The van der Waals surface area contributed by atoms with Gasteiger partial charge in [-0.05, 0) is 35.9 Å². The average Bonchev–Trinajstić information content (AvgIpc) is 3.11. The topological polar surface area (TPSA) is 61.0 Å². The SMILES string of the molecule is CN(C)C(=O)c1ccc(-c2cc3cnc(Nc4ccccc4)cc3[nH]2)cc1. The fraction of sp³-hybridized carbons (Fsp3) is 0.0909. The van der Waals surface area contributed by atoms with Crippen LogP contribution in [0.5, 0.6) is 0 Å². The maximum atomic E-state index is 12.0. The summed E-state index contributed by atoms with van der Waals surface area (Å²) in [5.41, 5.74) is 4.70. The number of para-hydroxylation sites is 1. The van der Waals surface area contributed by atoms with Gasteiger partial charge in [0.1, 0.15) is 5.82 Å². The van der Waals surface area contributed by atoms with Crippen molar-refractivity contribution in [1.29, 1.82) is 0 Å². The monoisotopic (exact) mass is 356 g/mol. The van der Waals surface area contributed by atoms with Gasteiger partial charge >= 0.3 is 0 Å². The number of anilines is 2. The molecule has 27 heavy (non-hydrogen) atoms. The van der Waals surface area contributed by atoms with Crippen LogP contribution in [-0.2, 0) is 0 Å². The summed E-state index contributed by atoms with van der Waals surface area (Å²) in [6.45, 7) is 0. The van der Waals surface area contributed by atoms with Crippen LogP contribution in [0.25, 0.3) is 22.2 Å². The first kappa shape index (κ1) is 16.8. The van der Waals surface area contributed by atoms with Crippen LogP contribution in [0.1, 0.15) is 10.4 Å². The Kier molecular flexibility index (Phi) is 4.34. The molecule has 4 rings (SSSR count). The number of fused-ring (bicyclic) bond motifs is 1. The summed E-state index contributed by atoms with van der Waals surface area (Å²) in [7, 11) is 3.50. The first-order chi connectivity index (χ1) is 13.1. The summed E-state index contributed by atoms with van der Waals surface area (Å²) < 4.78 is 0. The highest BCUT2D eigenvalue weighted by Crippen LogP contribution is 2.26. The predicted octanol–water partition coefficient (Wildman–Crippen LogP) is 4.68. The number of benzene rings is 2. The van der Waals surface area contributed by atoms with Crippen LogP contribution < -0.4 is 5.32 Å². The number of nitrogens with one attached hydrogen (secondary N) is 2. The second-order valence-electron chi connectivity index (χ2n) is 6.61. The molecular formula is C22H20N4O. The highest BCUT2D eigenvalue weighted by atomic mass is 16.2. The van der Waals surface area contributed by atoms with Crippen molar-refractivity contribution < 1.29 is 4.79 Å². The van der Waals surface area contributed by atoms with Gasteiger partial charge in [0.25, 0.3) is 5.91 Å². The molecule has 0 atom stereocenters. The van der Waals surface area contributed by atoms with Gasteiger partial charge < -0.3 is 15.2 Å². The quantitative estimate of drug-likeness (QED) is 0.558. The van der Waals surface area contributed by atoms with E-state index in [4.69, 9.17) is 0 Å². The largest absolute Gasteiger partial charge is 0.354 e. The number of aromatic nitrogens is 2. The molecule has 0 radical (unpaired) electrons. The van der Waals surface area contributed by atoms with E-state index in [9.17, 15) is 4.79 Å². The molecule has 0 saturated carbocycles. The summed E-state index contributed by atoms with van der Waals surface area (Å²) >= 11 is 0. The lowest BCUT2D eigenvalue weighted by Crippen LogP contribution is -2.21. The number of hydrogen-bond donors (Lipinski definition) is 2. The Morgan fingerprint density at radius 1 is 1.00 bits per heavy atom. The Balaban J connectivity index is 1.61. The van der Waals surface area contributed by atoms with Crippen molar-refractivity contribution in [2.24, 2.45) is 0 Å². The number of rotatable bonds is 4. The Morgan fingerprint density at radius 3 is 2.44 bits per heavy atom. The molecule has 2 aromatic carbocycles. The third-order valence-corrected chi connectivity index (χ3v) is 4.40. The zero-order chi connectivity index (χ0) is 18.8. The van der Waals surface area contributed by atoms with Crippen molar-refractivity contribution in [2.75, 3.05) is 19.4 Å². The van der Waals surface area contributed by atoms with Gasteiger partial charge in [0.05, 0.1) is 5.52 Å². The van der Waals surface area contributed by atoms with E-state index in [0.29, 0.717) is 5.56 Å². The molecule has 2 heterocycles. The minimum Gasteiger partial charge on any atom is -0.354 e. The van der Waals surface area contributed by atoms with E-state index < -0.39 is 0 Å². The van der Waals surface area contributed by atoms with Gasteiger partial charge in [0.15, 0.2) is 0 Å². The molecular weight excluding hydrogens is 336 g/mol. The predicted molar refractivity (Wildman–Crippen MR) is 109 cm³/mol. The summed E-state index contributed by atoms with van der Waals surface area (Å²) in [6.07, 6.45) is 1.85. The molecule has 5 nitrogen and oxygen atoms in total. The number of amides is 1. The van der Waals surface area contributed by atoms with Crippen molar-refractivity contribution >= 4 is 28.3 Å². The lowest BCUT2D eigenvalue weighted by Gasteiger charge is -2.10. The Bertz CT molecular complexity index is 1080. The molecule has 2 aromatic heterocycles. The normalized spacial score (nSPS) is 10.7. The second-order valence-corrected chi connectivity index (χ2v) is 6.61. The minimum absolute atomic E-state index is 0.000903. The van der Waals surface area contributed by atoms with E-state index in [1.165, 1.54) is 0 Å². The second kappa shape index (κ2) is 6.96. The summed E-state index contributed by atoms with van der Waals surface area (Å²) in [6, 6.07) is 21.6. The van der Waals surface area contributed by atoms with Gasteiger partial charge in [-0.1, -0.05) is 30.3 Å². The molecule has 1 amide bonds. The number of nitrogens with zero attached hydrogens (tertiary/aromatic N) is 2. The average molecular weight is 356 g/mol. The van der Waals surface area contributed by atoms with Crippen LogP contribution in [0, 0.1) is 0 Å². The fourth-order valence-corrected chi connectivity index (χ4v) is 2.97. The molecule has 0 fully saturated rings. The Labute approximate surface area is 157 Å². The Morgan fingerprint density at radius 2 is 1.74 bits per heavy atom. The zero-order valence-corrected chi connectivity index (χ0v) is 15.2. The standard InChI is InChI=1S/C22H20N4O/c1-26(2)22(27)16-10-8-15(9-11-16)19-12-17-14-23-21(13-20(17)25-19)24-18-6-4-3-5-7-18/h3-14,25H,1-2H3,(H,23,24). The van der Waals surface area contributed by atoms with Crippen molar-refractivity contribution in [1.82, 2.24) is 14.9 Å². The maximum absolute atomic E-state index is 12.0. The third kappa shape index (κ3) is 3.53. The highest BCUT2D eigenvalue weighted by Gasteiger charge is 2.09. The van der Waals surface area contributed by atoms with Crippen LogP contribution in [0.4, 0.5) is 11.5 Å². The summed E-state index contributed by atoms with van der Waals surface area (Å²) in [4.78, 5) is 21.5. The van der Waals surface area contributed by atoms with Crippen molar-refractivity contribution in [3.63, 3.8) is 0 Å². The Hall–Kier alpha value is -3.60. The van der Waals surface area contributed by atoms with Crippen molar-refractivity contribution in [2.45, 2.75) is 0 Å². The molecule has 0 unspecified atom stereocenters. The zero-order valence-electron chi connectivity index (χ0n) is 15.2. The van der Waals surface area contributed by atoms with E-state index in [0.717, 1.165) is 33.7 Å². The smallest absolute Gasteiger partial charge is 0.253 e. The lowest BCUT2D eigenvalue weighted by molar-refractivity contribution is 0.0827. The number of carbonyl (C=O) groups excluding carboxylic acids is 1. The molecule has 0 bridgehead atoms. The minimum atomic E-state index is -0.000903. The van der Waals surface area contributed by atoms with Gasteiger partial charge in [-0.25, -0.2) is 4.98 Å². The van der Waals surface area contributed by atoms with E-state index >= 15 is 0 Å². The molecule has 0 spiro atoms. The maximum Gasteiger partial charge on any atom is 0.253 e. The van der Waals surface area contributed by atoms with Gasteiger partial charge in [0.2, 0.25) is 0 Å². The van der Waals surface area contributed by atoms with Crippen molar-refractivity contribution in [3.05, 3.63) is 78.5 Å².